The highest BCUT2D eigenvalue weighted by atomic mass is 16.5. The molecule has 4 nitrogen and oxygen atoms in total. The highest BCUT2D eigenvalue weighted by Gasteiger charge is 2.25. The Morgan fingerprint density at radius 2 is 1.42 bits per heavy atom. The summed E-state index contributed by atoms with van der Waals surface area (Å²) in [5.74, 6) is -0.385. The molecule has 4 heteroatoms. The van der Waals surface area contributed by atoms with Gasteiger partial charge in [0.25, 0.3) is 0 Å². The lowest BCUT2D eigenvalue weighted by Crippen LogP contribution is -2.20. The van der Waals surface area contributed by atoms with Crippen LogP contribution in [-0.4, -0.2) is 16.2 Å². The SMILES string of the molecule is CCCc1cc(CO)cc(CCC)c1OC(C(=O)O)c1ccc(-c2ccccc2)cc1. The summed E-state index contributed by atoms with van der Waals surface area (Å²) in [5, 5.41) is 19.6. The van der Waals surface area contributed by atoms with Crippen LogP contribution >= 0.6 is 0 Å². The Balaban J connectivity index is 1.97. The molecular formula is C27H30O4. The maximum Gasteiger partial charge on any atom is 0.349 e. The molecule has 0 aliphatic rings. The van der Waals surface area contributed by atoms with E-state index < -0.39 is 12.1 Å². The molecule has 3 rings (SSSR count). The van der Waals surface area contributed by atoms with Crippen LogP contribution in [0.1, 0.15) is 55.0 Å². The molecule has 0 saturated carbocycles. The molecule has 0 heterocycles. The number of ether oxygens (including phenoxy) is 1. The maximum absolute atomic E-state index is 12.2. The number of hydrogen-bond acceptors (Lipinski definition) is 3. The number of aliphatic hydroxyl groups is 1. The van der Waals surface area contributed by atoms with Crippen LogP contribution in [0, 0.1) is 0 Å². The average Bonchev–Trinajstić information content (AvgIpc) is 2.79. The van der Waals surface area contributed by atoms with Crippen molar-refractivity contribution in [2.75, 3.05) is 0 Å². The molecule has 3 aromatic rings. The van der Waals surface area contributed by atoms with E-state index in [1.54, 1.807) is 0 Å². The molecule has 0 aliphatic heterocycles. The molecule has 0 fully saturated rings. The minimum Gasteiger partial charge on any atom is -0.478 e. The molecule has 0 bridgehead atoms. The summed E-state index contributed by atoms with van der Waals surface area (Å²) in [6.07, 6.45) is 2.23. The van der Waals surface area contributed by atoms with Crippen molar-refractivity contribution in [3.8, 4) is 16.9 Å². The number of carbonyl (C=O) groups is 1. The molecule has 2 N–H and O–H groups in total. The van der Waals surface area contributed by atoms with Gasteiger partial charge in [0.1, 0.15) is 5.75 Å². The highest BCUT2D eigenvalue weighted by molar-refractivity contribution is 5.76. The standard InChI is InChI=1S/C27H30O4/c1-3-8-23-16-19(18-28)17-24(9-4-2)25(23)31-26(27(29)30)22-14-12-21(13-15-22)20-10-6-5-7-11-20/h5-7,10-17,26,28H,3-4,8-9,18H2,1-2H3,(H,29,30). The topological polar surface area (TPSA) is 66.8 Å². The van der Waals surface area contributed by atoms with E-state index in [1.165, 1.54) is 0 Å². The van der Waals surface area contributed by atoms with Gasteiger partial charge in [0.15, 0.2) is 0 Å². The number of aliphatic carboxylic acids is 1. The number of carboxylic acid groups (broad SMARTS) is 1. The van der Waals surface area contributed by atoms with E-state index >= 15 is 0 Å². The van der Waals surface area contributed by atoms with Crippen molar-refractivity contribution in [3.63, 3.8) is 0 Å². The third-order valence-corrected chi connectivity index (χ3v) is 5.30. The Kier molecular flexibility index (Phi) is 7.85. The fourth-order valence-electron chi connectivity index (χ4n) is 3.84. The summed E-state index contributed by atoms with van der Waals surface area (Å²) in [6.45, 7) is 4.11. The van der Waals surface area contributed by atoms with E-state index in [0.29, 0.717) is 11.3 Å². The van der Waals surface area contributed by atoms with Crippen LogP contribution in [0.15, 0.2) is 66.7 Å². The number of hydrogen-bond donors (Lipinski definition) is 2. The van der Waals surface area contributed by atoms with E-state index in [4.69, 9.17) is 4.74 Å². The number of benzene rings is 3. The molecule has 0 saturated heterocycles. The lowest BCUT2D eigenvalue weighted by atomic mass is 9.97. The van der Waals surface area contributed by atoms with Crippen LogP contribution in [0.3, 0.4) is 0 Å². The molecule has 0 aromatic heterocycles. The van der Waals surface area contributed by atoms with Crippen LogP contribution in [0.2, 0.25) is 0 Å². The van der Waals surface area contributed by atoms with Gasteiger partial charge in [-0.3, -0.25) is 0 Å². The van der Waals surface area contributed by atoms with Crippen molar-refractivity contribution in [3.05, 3.63) is 89.0 Å². The minimum absolute atomic E-state index is 0.0446. The monoisotopic (exact) mass is 418 g/mol. The Hall–Kier alpha value is -3.11. The molecule has 1 unspecified atom stereocenters. The Bertz CT molecular complexity index is 966. The number of aryl methyl sites for hydroxylation is 2. The molecule has 31 heavy (non-hydrogen) atoms. The van der Waals surface area contributed by atoms with Gasteiger partial charge in [0.05, 0.1) is 6.61 Å². The molecule has 0 aliphatic carbocycles. The predicted molar refractivity (Wildman–Crippen MR) is 123 cm³/mol. The van der Waals surface area contributed by atoms with Gasteiger partial charge in [-0.15, -0.1) is 0 Å². The zero-order valence-corrected chi connectivity index (χ0v) is 18.2. The van der Waals surface area contributed by atoms with Crippen LogP contribution in [0.5, 0.6) is 5.75 Å². The van der Waals surface area contributed by atoms with Crippen molar-refractivity contribution in [1.82, 2.24) is 0 Å². The van der Waals surface area contributed by atoms with E-state index in [1.807, 2.05) is 66.7 Å². The van der Waals surface area contributed by atoms with E-state index in [9.17, 15) is 15.0 Å². The van der Waals surface area contributed by atoms with Crippen LogP contribution in [-0.2, 0) is 24.2 Å². The number of rotatable bonds is 10. The highest BCUT2D eigenvalue weighted by Crippen LogP contribution is 2.33. The predicted octanol–water partition coefficient (Wildman–Crippen LogP) is 5.96. The zero-order chi connectivity index (χ0) is 22.2. The second-order valence-corrected chi connectivity index (χ2v) is 7.73. The van der Waals surface area contributed by atoms with Crippen molar-refractivity contribution in [2.45, 2.75) is 52.2 Å². The van der Waals surface area contributed by atoms with E-state index in [0.717, 1.165) is 53.5 Å². The largest absolute Gasteiger partial charge is 0.478 e. The van der Waals surface area contributed by atoms with Crippen molar-refractivity contribution >= 4 is 5.97 Å². The maximum atomic E-state index is 12.2. The Morgan fingerprint density at radius 1 is 0.871 bits per heavy atom. The first-order valence-corrected chi connectivity index (χ1v) is 10.9. The van der Waals surface area contributed by atoms with Crippen LogP contribution in [0.25, 0.3) is 11.1 Å². The van der Waals surface area contributed by atoms with Gasteiger partial charge in [-0.25, -0.2) is 4.79 Å². The zero-order valence-electron chi connectivity index (χ0n) is 18.2. The third kappa shape index (κ3) is 5.53. The lowest BCUT2D eigenvalue weighted by molar-refractivity contribution is -0.145. The summed E-state index contributed by atoms with van der Waals surface area (Å²) in [5.41, 5.74) is 5.44. The Labute approximate surface area is 184 Å². The van der Waals surface area contributed by atoms with E-state index in [-0.39, 0.29) is 6.61 Å². The first-order chi connectivity index (χ1) is 15.1. The van der Waals surface area contributed by atoms with Crippen LogP contribution < -0.4 is 4.74 Å². The minimum atomic E-state index is -1.10. The molecular weight excluding hydrogens is 388 g/mol. The van der Waals surface area contributed by atoms with Crippen molar-refractivity contribution in [1.29, 1.82) is 0 Å². The molecule has 162 valence electrons. The van der Waals surface area contributed by atoms with Gasteiger partial charge in [-0.05, 0) is 52.8 Å². The fraction of sp³-hybridized carbons (Fsp3) is 0.296. The Morgan fingerprint density at radius 3 is 1.90 bits per heavy atom. The van der Waals surface area contributed by atoms with Crippen molar-refractivity contribution < 1.29 is 19.7 Å². The lowest BCUT2D eigenvalue weighted by Gasteiger charge is -2.22. The summed E-state index contributed by atoms with van der Waals surface area (Å²) in [7, 11) is 0. The fourth-order valence-corrected chi connectivity index (χ4v) is 3.84. The second kappa shape index (κ2) is 10.8. The van der Waals surface area contributed by atoms with Gasteiger partial charge in [0, 0.05) is 5.56 Å². The molecule has 0 spiro atoms. The summed E-state index contributed by atoms with van der Waals surface area (Å²) < 4.78 is 6.19. The summed E-state index contributed by atoms with van der Waals surface area (Å²) >= 11 is 0. The van der Waals surface area contributed by atoms with E-state index in [2.05, 4.69) is 13.8 Å². The molecule has 1 atom stereocenters. The van der Waals surface area contributed by atoms with Crippen molar-refractivity contribution in [2.24, 2.45) is 0 Å². The first kappa shape index (κ1) is 22.6. The van der Waals surface area contributed by atoms with Gasteiger partial charge in [0.2, 0.25) is 6.10 Å². The van der Waals surface area contributed by atoms with Gasteiger partial charge >= 0.3 is 5.97 Å². The average molecular weight is 419 g/mol. The number of aliphatic hydroxyl groups excluding tert-OH is 1. The van der Waals surface area contributed by atoms with Gasteiger partial charge < -0.3 is 14.9 Å². The summed E-state index contributed by atoms with van der Waals surface area (Å²) in [6, 6.07) is 21.3. The smallest absolute Gasteiger partial charge is 0.349 e. The molecule has 0 amide bonds. The van der Waals surface area contributed by atoms with Gasteiger partial charge in [-0.1, -0.05) is 81.3 Å². The molecule has 3 aromatic carbocycles. The molecule has 0 radical (unpaired) electrons. The third-order valence-electron chi connectivity index (χ3n) is 5.30. The van der Waals surface area contributed by atoms with Gasteiger partial charge in [-0.2, -0.15) is 0 Å². The second-order valence-electron chi connectivity index (χ2n) is 7.73. The van der Waals surface area contributed by atoms with Crippen LogP contribution in [0.4, 0.5) is 0 Å². The normalized spacial score (nSPS) is 11.8. The first-order valence-electron chi connectivity index (χ1n) is 10.9. The summed E-state index contributed by atoms with van der Waals surface area (Å²) in [4.78, 5) is 12.2. The number of carboxylic acids is 1. The quantitative estimate of drug-likeness (QED) is 0.427.